The van der Waals surface area contributed by atoms with E-state index in [4.69, 9.17) is 5.73 Å². The largest absolute Gasteiger partial charge is 0.369 e. The van der Waals surface area contributed by atoms with Crippen molar-refractivity contribution in [3.8, 4) is 0 Å². The number of carbonyl (C=O) groups excluding carboxylic acids is 2. The van der Waals surface area contributed by atoms with Gasteiger partial charge in [0.05, 0.1) is 18.0 Å². The molecular formula is C17H25N3O2S. The minimum Gasteiger partial charge on any atom is -0.369 e. The van der Waals surface area contributed by atoms with Crippen molar-refractivity contribution in [2.45, 2.75) is 37.0 Å². The molecule has 0 saturated carbocycles. The lowest BCUT2D eigenvalue weighted by molar-refractivity contribution is -0.117. The van der Waals surface area contributed by atoms with Crippen molar-refractivity contribution in [2.24, 2.45) is 5.73 Å². The molecule has 126 valence electrons. The summed E-state index contributed by atoms with van der Waals surface area (Å²) in [6, 6.07) is 7.51. The van der Waals surface area contributed by atoms with Gasteiger partial charge in [0.25, 0.3) is 0 Å². The smallest absolute Gasteiger partial charge is 0.238 e. The van der Waals surface area contributed by atoms with E-state index < -0.39 is 0 Å². The Morgan fingerprint density at radius 3 is 2.43 bits per heavy atom. The standard InChI is InChI=1S/C17H25N3O2S/c18-16(21)13-23-15-9-5-4-8-14(15)19-17(22)12-20-10-6-2-1-3-7-11-20/h4-5,8-9H,1-3,6-7,10-13H2,(H2,18,21)(H,19,22). The number of hydrogen-bond donors (Lipinski definition) is 2. The fourth-order valence-corrected chi connectivity index (χ4v) is 3.46. The molecule has 2 rings (SSSR count). The first-order valence-corrected chi connectivity index (χ1v) is 9.16. The first kappa shape index (κ1) is 17.8. The number of nitrogens with two attached hydrogens (primary N) is 1. The number of carbonyl (C=O) groups is 2. The summed E-state index contributed by atoms with van der Waals surface area (Å²) in [6.07, 6.45) is 6.15. The van der Waals surface area contributed by atoms with Crippen LogP contribution in [0.5, 0.6) is 0 Å². The van der Waals surface area contributed by atoms with Gasteiger partial charge in [0.2, 0.25) is 11.8 Å². The van der Waals surface area contributed by atoms with Gasteiger partial charge in [-0.3, -0.25) is 14.5 Å². The highest BCUT2D eigenvalue weighted by Crippen LogP contribution is 2.26. The second-order valence-corrected chi connectivity index (χ2v) is 6.86. The molecule has 1 fully saturated rings. The lowest BCUT2D eigenvalue weighted by Crippen LogP contribution is -2.35. The summed E-state index contributed by atoms with van der Waals surface area (Å²) in [5, 5.41) is 2.96. The molecule has 0 aromatic heterocycles. The Balaban J connectivity index is 1.90. The van der Waals surface area contributed by atoms with Crippen molar-refractivity contribution in [3.63, 3.8) is 0 Å². The zero-order valence-corrected chi connectivity index (χ0v) is 14.2. The van der Waals surface area contributed by atoms with E-state index in [1.54, 1.807) is 0 Å². The Kier molecular flexibility index (Phi) is 7.42. The van der Waals surface area contributed by atoms with E-state index in [9.17, 15) is 9.59 Å². The van der Waals surface area contributed by atoms with Gasteiger partial charge < -0.3 is 11.1 Å². The van der Waals surface area contributed by atoms with Crippen molar-refractivity contribution >= 4 is 29.3 Å². The molecule has 5 nitrogen and oxygen atoms in total. The van der Waals surface area contributed by atoms with Crippen LogP contribution in [0, 0.1) is 0 Å². The van der Waals surface area contributed by atoms with E-state index in [1.807, 2.05) is 24.3 Å². The average Bonchev–Trinajstić information content (AvgIpc) is 2.49. The molecule has 1 aromatic carbocycles. The molecule has 6 heteroatoms. The highest BCUT2D eigenvalue weighted by atomic mass is 32.2. The minimum absolute atomic E-state index is 0.00213. The van der Waals surface area contributed by atoms with Gasteiger partial charge in [-0.25, -0.2) is 0 Å². The highest BCUT2D eigenvalue weighted by molar-refractivity contribution is 8.00. The summed E-state index contributed by atoms with van der Waals surface area (Å²) in [5.74, 6) is -0.159. The lowest BCUT2D eigenvalue weighted by atomic mass is 10.1. The number of thioether (sulfide) groups is 1. The van der Waals surface area contributed by atoms with Crippen LogP contribution in [0.4, 0.5) is 5.69 Å². The van der Waals surface area contributed by atoms with Gasteiger partial charge in [-0.05, 0) is 38.1 Å². The van der Waals surface area contributed by atoms with E-state index in [2.05, 4.69) is 10.2 Å². The van der Waals surface area contributed by atoms with Gasteiger partial charge in [-0.1, -0.05) is 31.4 Å². The summed E-state index contributed by atoms with van der Waals surface area (Å²) >= 11 is 1.35. The predicted molar refractivity (Wildman–Crippen MR) is 94.5 cm³/mol. The summed E-state index contributed by atoms with van der Waals surface area (Å²) in [4.78, 5) is 26.4. The molecule has 1 aromatic rings. The van der Waals surface area contributed by atoms with Crippen molar-refractivity contribution in [2.75, 3.05) is 30.7 Å². The third-order valence-electron chi connectivity index (χ3n) is 3.85. The zero-order chi connectivity index (χ0) is 16.5. The Bertz CT molecular complexity index is 528. The second-order valence-electron chi connectivity index (χ2n) is 5.84. The molecule has 0 radical (unpaired) electrons. The molecule has 0 spiro atoms. The normalized spacial score (nSPS) is 16.3. The van der Waals surface area contributed by atoms with E-state index in [-0.39, 0.29) is 17.6 Å². The zero-order valence-electron chi connectivity index (χ0n) is 13.4. The van der Waals surface area contributed by atoms with Gasteiger partial charge in [0.1, 0.15) is 0 Å². The van der Waals surface area contributed by atoms with Gasteiger partial charge in [0.15, 0.2) is 0 Å². The van der Waals surface area contributed by atoms with Crippen LogP contribution in [0.15, 0.2) is 29.2 Å². The van der Waals surface area contributed by atoms with E-state index in [1.165, 1.54) is 43.9 Å². The molecule has 1 heterocycles. The second kappa shape index (κ2) is 9.57. The average molecular weight is 335 g/mol. The fourth-order valence-electron chi connectivity index (χ4n) is 2.71. The van der Waals surface area contributed by atoms with Crippen LogP contribution in [0.1, 0.15) is 32.1 Å². The number of rotatable bonds is 6. The van der Waals surface area contributed by atoms with Crippen molar-refractivity contribution < 1.29 is 9.59 Å². The van der Waals surface area contributed by atoms with Gasteiger partial charge in [-0.2, -0.15) is 0 Å². The van der Waals surface area contributed by atoms with Crippen molar-refractivity contribution in [3.05, 3.63) is 24.3 Å². The van der Waals surface area contributed by atoms with Gasteiger partial charge in [-0.15, -0.1) is 11.8 Å². The molecule has 0 atom stereocenters. The molecule has 0 aliphatic carbocycles. The van der Waals surface area contributed by atoms with E-state index >= 15 is 0 Å². The number of likely N-dealkylation sites (tertiary alicyclic amines) is 1. The van der Waals surface area contributed by atoms with Crippen LogP contribution >= 0.6 is 11.8 Å². The Labute approximate surface area is 142 Å². The number of hydrogen-bond acceptors (Lipinski definition) is 4. The first-order chi connectivity index (χ1) is 11.1. The molecule has 2 amide bonds. The summed E-state index contributed by atoms with van der Waals surface area (Å²) in [6.45, 7) is 2.41. The molecule has 1 aliphatic rings. The highest BCUT2D eigenvalue weighted by Gasteiger charge is 2.14. The van der Waals surface area contributed by atoms with Crippen LogP contribution < -0.4 is 11.1 Å². The quantitative estimate of drug-likeness (QED) is 0.783. The summed E-state index contributed by atoms with van der Waals surface area (Å²) in [5.41, 5.74) is 5.94. The molecule has 23 heavy (non-hydrogen) atoms. The number of anilines is 1. The Morgan fingerprint density at radius 1 is 1.09 bits per heavy atom. The Morgan fingerprint density at radius 2 is 1.74 bits per heavy atom. The van der Waals surface area contributed by atoms with Crippen molar-refractivity contribution in [1.82, 2.24) is 4.90 Å². The molecular weight excluding hydrogens is 310 g/mol. The first-order valence-electron chi connectivity index (χ1n) is 8.17. The molecule has 1 aliphatic heterocycles. The van der Waals surface area contributed by atoms with Crippen LogP contribution in [-0.2, 0) is 9.59 Å². The summed E-state index contributed by atoms with van der Waals surface area (Å²) < 4.78 is 0. The molecule has 3 N–H and O–H groups in total. The van der Waals surface area contributed by atoms with Crippen molar-refractivity contribution in [1.29, 1.82) is 0 Å². The monoisotopic (exact) mass is 335 g/mol. The maximum Gasteiger partial charge on any atom is 0.238 e. The van der Waals surface area contributed by atoms with Crippen LogP contribution in [0.3, 0.4) is 0 Å². The number of benzene rings is 1. The third-order valence-corrected chi connectivity index (χ3v) is 4.94. The predicted octanol–water partition coefficient (Wildman–Crippen LogP) is 2.47. The van der Waals surface area contributed by atoms with E-state index in [0.29, 0.717) is 6.54 Å². The SMILES string of the molecule is NC(=O)CSc1ccccc1NC(=O)CN1CCCCCCC1. The van der Waals surface area contributed by atoms with E-state index in [0.717, 1.165) is 23.7 Å². The Hall–Kier alpha value is -1.53. The van der Waals surface area contributed by atoms with Crippen LogP contribution in [0.25, 0.3) is 0 Å². The number of nitrogens with zero attached hydrogens (tertiary/aromatic N) is 1. The number of primary amides is 1. The third kappa shape index (κ3) is 6.62. The minimum atomic E-state index is -0.364. The number of para-hydroxylation sites is 1. The fraction of sp³-hybridized carbons (Fsp3) is 0.529. The van der Waals surface area contributed by atoms with Gasteiger partial charge in [0, 0.05) is 4.90 Å². The lowest BCUT2D eigenvalue weighted by Gasteiger charge is -2.24. The molecule has 1 saturated heterocycles. The maximum atomic E-state index is 12.3. The maximum absolute atomic E-state index is 12.3. The van der Waals surface area contributed by atoms with Crippen LogP contribution in [0.2, 0.25) is 0 Å². The number of amides is 2. The summed E-state index contributed by atoms with van der Waals surface area (Å²) in [7, 11) is 0. The number of nitrogens with one attached hydrogen (secondary N) is 1. The van der Waals surface area contributed by atoms with Crippen LogP contribution in [-0.4, -0.2) is 42.1 Å². The van der Waals surface area contributed by atoms with Gasteiger partial charge >= 0.3 is 0 Å². The molecule has 0 unspecified atom stereocenters. The molecule has 0 bridgehead atoms. The topological polar surface area (TPSA) is 75.4 Å².